The summed E-state index contributed by atoms with van der Waals surface area (Å²) < 4.78 is 49.0. The molecule has 0 radical (unpaired) electrons. The number of furan rings is 1. The van der Waals surface area contributed by atoms with Gasteiger partial charge in [0.05, 0.1) is 30.6 Å². The first kappa shape index (κ1) is 17.5. The molecule has 2 heterocycles. The Morgan fingerprint density at radius 1 is 1.16 bits per heavy atom. The molecule has 0 unspecified atom stereocenters. The molecule has 1 aromatic heterocycles. The molecule has 4 nitrogen and oxygen atoms in total. The molecule has 0 N–H and O–H groups in total. The molecule has 1 saturated heterocycles. The number of ether oxygens (including phenoxy) is 1. The fraction of sp³-hybridized carbons (Fsp3) is 0.389. The largest absolute Gasteiger partial charge is 0.463 e. The summed E-state index contributed by atoms with van der Waals surface area (Å²) in [7, 11) is 0. The Hall–Kier alpha value is -2.28. The zero-order valence-corrected chi connectivity index (χ0v) is 13.7. The molecule has 25 heavy (non-hydrogen) atoms. The summed E-state index contributed by atoms with van der Waals surface area (Å²) in [6.45, 7) is 3.82. The Labute approximate surface area is 143 Å². The second-order valence-corrected chi connectivity index (χ2v) is 5.80. The number of hydrogen-bond acceptors (Lipinski definition) is 3. The Bertz CT molecular complexity index is 744. The van der Waals surface area contributed by atoms with Crippen molar-refractivity contribution in [1.29, 1.82) is 0 Å². The van der Waals surface area contributed by atoms with Gasteiger partial charge in [-0.05, 0) is 18.6 Å². The third-order valence-corrected chi connectivity index (χ3v) is 4.23. The van der Waals surface area contributed by atoms with Gasteiger partial charge in [0.15, 0.2) is 0 Å². The van der Waals surface area contributed by atoms with E-state index in [0.29, 0.717) is 49.6 Å². The molecule has 2 aromatic rings. The summed E-state index contributed by atoms with van der Waals surface area (Å²) in [5.74, 6) is 0.130. The predicted octanol–water partition coefficient (Wildman–Crippen LogP) is 4.00. The number of alkyl halides is 3. The van der Waals surface area contributed by atoms with E-state index in [1.54, 1.807) is 4.90 Å². The van der Waals surface area contributed by atoms with Gasteiger partial charge in [-0.25, -0.2) is 0 Å². The number of aryl methyl sites for hydroxylation is 1. The van der Waals surface area contributed by atoms with Crippen LogP contribution >= 0.6 is 0 Å². The third-order valence-electron chi connectivity index (χ3n) is 4.23. The van der Waals surface area contributed by atoms with Crippen LogP contribution in [-0.4, -0.2) is 37.1 Å². The Kier molecular flexibility index (Phi) is 4.85. The molecule has 1 aliphatic rings. The lowest BCUT2D eigenvalue weighted by Crippen LogP contribution is -2.41. The van der Waals surface area contributed by atoms with Gasteiger partial charge in [0.1, 0.15) is 5.76 Å². The Balaban J connectivity index is 1.97. The third kappa shape index (κ3) is 3.56. The monoisotopic (exact) mass is 353 g/mol. The van der Waals surface area contributed by atoms with Gasteiger partial charge in [-0.2, -0.15) is 13.2 Å². The van der Waals surface area contributed by atoms with Crippen LogP contribution in [0.25, 0.3) is 11.3 Å². The molecule has 0 bridgehead atoms. The summed E-state index contributed by atoms with van der Waals surface area (Å²) in [5, 5.41) is 0. The smallest absolute Gasteiger partial charge is 0.416 e. The number of amides is 1. The number of benzene rings is 1. The first-order chi connectivity index (χ1) is 11.9. The number of carbonyl (C=O) groups is 1. The lowest BCUT2D eigenvalue weighted by molar-refractivity contribution is -0.137. The van der Waals surface area contributed by atoms with E-state index in [1.165, 1.54) is 18.4 Å². The molecule has 0 aliphatic carbocycles. The first-order valence-corrected chi connectivity index (χ1v) is 8.07. The fourth-order valence-electron chi connectivity index (χ4n) is 2.84. The molecule has 1 aromatic carbocycles. The van der Waals surface area contributed by atoms with E-state index in [0.717, 1.165) is 17.7 Å². The minimum atomic E-state index is -4.40. The highest BCUT2D eigenvalue weighted by Crippen LogP contribution is 2.34. The summed E-state index contributed by atoms with van der Waals surface area (Å²) in [5.41, 5.74) is 0.874. The van der Waals surface area contributed by atoms with E-state index in [9.17, 15) is 18.0 Å². The summed E-state index contributed by atoms with van der Waals surface area (Å²) in [6.07, 6.45) is -2.31. The highest BCUT2D eigenvalue weighted by Gasteiger charge is 2.31. The zero-order chi connectivity index (χ0) is 18.0. The van der Waals surface area contributed by atoms with Crippen LogP contribution in [-0.2, 0) is 17.3 Å². The van der Waals surface area contributed by atoms with Crippen LogP contribution in [0.5, 0.6) is 0 Å². The van der Waals surface area contributed by atoms with Crippen molar-refractivity contribution in [2.45, 2.75) is 19.5 Å². The lowest BCUT2D eigenvalue weighted by Gasteiger charge is -2.27. The van der Waals surface area contributed by atoms with Crippen molar-refractivity contribution in [2.24, 2.45) is 0 Å². The number of hydrogen-bond donors (Lipinski definition) is 0. The van der Waals surface area contributed by atoms with Crippen LogP contribution in [0.3, 0.4) is 0 Å². The molecule has 134 valence electrons. The number of morpholine rings is 1. The average molecular weight is 353 g/mol. The molecule has 3 rings (SSSR count). The van der Waals surface area contributed by atoms with E-state index < -0.39 is 11.7 Å². The average Bonchev–Trinajstić information content (AvgIpc) is 3.05. The second-order valence-electron chi connectivity index (χ2n) is 5.80. The van der Waals surface area contributed by atoms with Crippen LogP contribution in [0.15, 0.2) is 34.9 Å². The van der Waals surface area contributed by atoms with Crippen molar-refractivity contribution < 1.29 is 27.1 Å². The van der Waals surface area contributed by atoms with E-state index in [1.807, 2.05) is 6.92 Å². The SMILES string of the molecule is CCc1coc(-c2ccc(C(F)(F)F)cc2)c1C(=O)N1CCOCC1. The molecule has 7 heteroatoms. The van der Waals surface area contributed by atoms with Crippen molar-refractivity contribution in [3.8, 4) is 11.3 Å². The molecule has 1 fully saturated rings. The van der Waals surface area contributed by atoms with Crippen LogP contribution in [0.4, 0.5) is 13.2 Å². The quantitative estimate of drug-likeness (QED) is 0.838. The van der Waals surface area contributed by atoms with Crippen LogP contribution in [0.1, 0.15) is 28.4 Å². The zero-order valence-electron chi connectivity index (χ0n) is 13.7. The van der Waals surface area contributed by atoms with Crippen molar-refractivity contribution in [3.63, 3.8) is 0 Å². The number of rotatable bonds is 3. The Morgan fingerprint density at radius 3 is 2.36 bits per heavy atom. The van der Waals surface area contributed by atoms with Crippen LogP contribution < -0.4 is 0 Å². The van der Waals surface area contributed by atoms with Crippen LogP contribution in [0, 0.1) is 0 Å². The first-order valence-electron chi connectivity index (χ1n) is 8.07. The maximum Gasteiger partial charge on any atom is 0.416 e. The van der Waals surface area contributed by atoms with Gasteiger partial charge in [0.25, 0.3) is 5.91 Å². The molecule has 0 saturated carbocycles. The van der Waals surface area contributed by atoms with Gasteiger partial charge in [-0.15, -0.1) is 0 Å². The summed E-state index contributed by atoms with van der Waals surface area (Å²) >= 11 is 0. The van der Waals surface area contributed by atoms with Crippen LogP contribution in [0.2, 0.25) is 0 Å². The predicted molar refractivity (Wildman–Crippen MR) is 85.2 cm³/mol. The van der Waals surface area contributed by atoms with Gasteiger partial charge >= 0.3 is 6.18 Å². The van der Waals surface area contributed by atoms with Gasteiger partial charge in [0.2, 0.25) is 0 Å². The minimum absolute atomic E-state index is 0.177. The normalized spacial score (nSPS) is 15.4. The summed E-state index contributed by atoms with van der Waals surface area (Å²) in [6, 6.07) is 4.65. The fourth-order valence-corrected chi connectivity index (χ4v) is 2.84. The standard InChI is InChI=1S/C18H18F3NO3/c1-2-12-11-25-16(13-3-5-14(6-4-13)18(19,20)21)15(12)17(23)22-7-9-24-10-8-22/h3-6,11H,2,7-10H2,1H3. The van der Waals surface area contributed by atoms with Gasteiger partial charge in [-0.3, -0.25) is 4.79 Å². The van der Waals surface area contributed by atoms with Crippen molar-refractivity contribution >= 4 is 5.91 Å². The molecule has 0 atom stereocenters. The number of carbonyl (C=O) groups excluding carboxylic acids is 1. The number of halogens is 3. The highest BCUT2D eigenvalue weighted by molar-refractivity contribution is 6.01. The Morgan fingerprint density at radius 2 is 1.80 bits per heavy atom. The van der Waals surface area contributed by atoms with Crippen molar-refractivity contribution in [3.05, 3.63) is 47.2 Å². The topological polar surface area (TPSA) is 42.7 Å². The van der Waals surface area contributed by atoms with E-state index in [-0.39, 0.29) is 5.91 Å². The van der Waals surface area contributed by atoms with Crippen molar-refractivity contribution in [2.75, 3.05) is 26.3 Å². The molecular weight excluding hydrogens is 335 g/mol. The summed E-state index contributed by atoms with van der Waals surface area (Å²) in [4.78, 5) is 14.6. The number of nitrogens with zero attached hydrogens (tertiary/aromatic N) is 1. The maximum absolute atomic E-state index is 12.9. The molecule has 0 spiro atoms. The van der Waals surface area contributed by atoms with Gasteiger partial charge < -0.3 is 14.1 Å². The van der Waals surface area contributed by atoms with E-state index >= 15 is 0 Å². The minimum Gasteiger partial charge on any atom is -0.463 e. The molecule has 1 amide bonds. The van der Waals surface area contributed by atoms with Gasteiger partial charge in [-0.1, -0.05) is 19.1 Å². The maximum atomic E-state index is 12.9. The van der Waals surface area contributed by atoms with Crippen molar-refractivity contribution in [1.82, 2.24) is 4.90 Å². The van der Waals surface area contributed by atoms with E-state index in [4.69, 9.17) is 9.15 Å². The second kappa shape index (κ2) is 6.92. The highest BCUT2D eigenvalue weighted by atomic mass is 19.4. The molecular formula is C18H18F3NO3. The molecule has 1 aliphatic heterocycles. The van der Waals surface area contributed by atoms with E-state index in [2.05, 4.69) is 0 Å². The lowest BCUT2D eigenvalue weighted by atomic mass is 10.0. The van der Waals surface area contributed by atoms with Gasteiger partial charge in [0, 0.05) is 24.2 Å².